The average Bonchev–Trinajstić information content (AvgIpc) is 3.38. The Morgan fingerprint density at radius 2 is 1.61 bits per heavy atom. The highest BCUT2D eigenvalue weighted by Crippen LogP contribution is 2.34. The molecule has 1 atom stereocenters. The molecule has 0 aliphatic rings. The monoisotopic (exact) mass is 596 g/mol. The molecule has 1 unspecified atom stereocenters. The van der Waals surface area contributed by atoms with Gasteiger partial charge in [0.2, 0.25) is 11.8 Å². The standard InChI is InChI=1S/C31H32N8O5/c1-19(40)35-24(16-9-17-34-31(32)33)28(41)37-25-26(29(42)36-22-13-8-12-21(18-22)30(43)44)38-39(23-14-6-3-7-15-23)27(25)20-10-4-2-5-11-20/h2-8,10-15,18,24H,9,16-17H2,1H3,(H,35,40)(H,36,42)(H,37,41)(H,43,44)(H4,32,33,34). The number of para-hydroxylation sites is 1. The largest absolute Gasteiger partial charge is 0.478 e. The third kappa shape index (κ3) is 7.85. The summed E-state index contributed by atoms with van der Waals surface area (Å²) in [5.74, 6) is -2.95. The van der Waals surface area contributed by atoms with Gasteiger partial charge in [0.15, 0.2) is 11.7 Å². The molecular weight excluding hydrogens is 564 g/mol. The molecule has 0 saturated heterocycles. The summed E-state index contributed by atoms with van der Waals surface area (Å²) in [6.07, 6.45) is 0.595. The number of carbonyl (C=O) groups excluding carboxylic acids is 3. The van der Waals surface area contributed by atoms with Gasteiger partial charge < -0.3 is 32.5 Å². The van der Waals surface area contributed by atoms with Crippen LogP contribution in [0.4, 0.5) is 11.4 Å². The molecule has 0 spiro atoms. The molecule has 3 aromatic carbocycles. The molecule has 0 radical (unpaired) electrons. The summed E-state index contributed by atoms with van der Waals surface area (Å²) >= 11 is 0. The lowest BCUT2D eigenvalue weighted by Crippen LogP contribution is -2.43. The smallest absolute Gasteiger partial charge is 0.335 e. The molecular formula is C31H32N8O5. The first kappa shape index (κ1) is 31.0. The Hall–Kier alpha value is -5.98. The number of nitrogens with zero attached hydrogens (tertiary/aromatic N) is 3. The first-order chi connectivity index (χ1) is 21.1. The van der Waals surface area contributed by atoms with E-state index >= 15 is 0 Å². The van der Waals surface area contributed by atoms with Crippen LogP contribution in [0.2, 0.25) is 0 Å². The van der Waals surface area contributed by atoms with E-state index in [0.717, 1.165) is 0 Å². The van der Waals surface area contributed by atoms with Crippen molar-refractivity contribution >= 4 is 41.0 Å². The molecule has 4 rings (SSSR count). The summed E-state index contributed by atoms with van der Waals surface area (Å²) in [7, 11) is 0. The van der Waals surface area contributed by atoms with E-state index in [0.29, 0.717) is 23.4 Å². The number of carbonyl (C=O) groups is 4. The molecule has 0 aliphatic carbocycles. The lowest BCUT2D eigenvalue weighted by atomic mass is 10.1. The molecule has 226 valence electrons. The number of hydrogen-bond donors (Lipinski definition) is 6. The minimum Gasteiger partial charge on any atom is -0.478 e. The van der Waals surface area contributed by atoms with Gasteiger partial charge in [0.25, 0.3) is 5.91 Å². The van der Waals surface area contributed by atoms with E-state index in [1.807, 2.05) is 48.5 Å². The van der Waals surface area contributed by atoms with Crippen molar-refractivity contribution in [2.45, 2.75) is 25.8 Å². The Labute approximate surface area is 253 Å². The van der Waals surface area contributed by atoms with Gasteiger partial charge >= 0.3 is 5.97 Å². The molecule has 0 fully saturated rings. The number of guanidine groups is 1. The van der Waals surface area contributed by atoms with E-state index in [-0.39, 0.29) is 41.6 Å². The molecule has 13 nitrogen and oxygen atoms in total. The molecule has 3 amide bonds. The van der Waals surface area contributed by atoms with Gasteiger partial charge in [-0.05, 0) is 43.2 Å². The summed E-state index contributed by atoms with van der Waals surface area (Å²) in [5.41, 5.74) is 12.6. The highest BCUT2D eigenvalue weighted by atomic mass is 16.4. The van der Waals surface area contributed by atoms with Crippen molar-refractivity contribution in [1.29, 1.82) is 0 Å². The van der Waals surface area contributed by atoms with Gasteiger partial charge in [-0.2, -0.15) is 5.10 Å². The Morgan fingerprint density at radius 3 is 2.25 bits per heavy atom. The average molecular weight is 597 g/mol. The van der Waals surface area contributed by atoms with Gasteiger partial charge in [0.05, 0.1) is 16.9 Å². The number of rotatable bonds is 12. The van der Waals surface area contributed by atoms with Crippen LogP contribution in [0, 0.1) is 0 Å². The number of anilines is 2. The molecule has 8 N–H and O–H groups in total. The zero-order chi connectivity index (χ0) is 31.6. The highest BCUT2D eigenvalue weighted by Gasteiger charge is 2.29. The summed E-state index contributed by atoms with van der Waals surface area (Å²) in [5, 5.41) is 22.2. The molecule has 0 saturated carbocycles. The topological polar surface area (TPSA) is 207 Å². The number of nitrogens with one attached hydrogen (secondary N) is 3. The number of carboxylic acids is 1. The van der Waals surface area contributed by atoms with E-state index in [1.54, 1.807) is 16.8 Å². The summed E-state index contributed by atoms with van der Waals surface area (Å²) < 4.78 is 1.54. The van der Waals surface area contributed by atoms with Gasteiger partial charge in [-0.15, -0.1) is 0 Å². The van der Waals surface area contributed by atoms with Gasteiger partial charge in [0, 0.05) is 24.7 Å². The lowest BCUT2D eigenvalue weighted by molar-refractivity contribution is -0.125. The van der Waals surface area contributed by atoms with Crippen molar-refractivity contribution in [3.05, 3.63) is 96.2 Å². The predicted octanol–water partition coefficient (Wildman–Crippen LogP) is 2.99. The molecule has 13 heteroatoms. The lowest BCUT2D eigenvalue weighted by Gasteiger charge is -2.18. The second kappa shape index (κ2) is 14.3. The second-order valence-electron chi connectivity index (χ2n) is 9.72. The fourth-order valence-corrected chi connectivity index (χ4v) is 4.46. The maximum Gasteiger partial charge on any atom is 0.335 e. The number of benzene rings is 3. The van der Waals surface area contributed by atoms with E-state index in [2.05, 4.69) is 26.0 Å². The second-order valence-corrected chi connectivity index (χ2v) is 9.72. The number of amides is 3. The Morgan fingerprint density at radius 1 is 0.932 bits per heavy atom. The van der Waals surface area contributed by atoms with Crippen LogP contribution in [0.5, 0.6) is 0 Å². The van der Waals surface area contributed by atoms with Crippen LogP contribution in [-0.4, -0.2) is 57.1 Å². The summed E-state index contributed by atoms with van der Waals surface area (Å²) in [6.45, 7) is 1.54. The Bertz CT molecular complexity index is 1680. The van der Waals surface area contributed by atoms with E-state index < -0.39 is 29.7 Å². The summed E-state index contributed by atoms with van der Waals surface area (Å²) in [6, 6.07) is 22.9. The third-order valence-corrected chi connectivity index (χ3v) is 6.40. The number of carboxylic acid groups (broad SMARTS) is 1. The van der Waals surface area contributed by atoms with Crippen LogP contribution in [-0.2, 0) is 9.59 Å². The van der Waals surface area contributed by atoms with Gasteiger partial charge in [-0.25, -0.2) is 9.48 Å². The molecule has 4 aromatic rings. The zero-order valence-electron chi connectivity index (χ0n) is 23.9. The van der Waals surface area contributed by atoms with Crippen molar-refractivity contribution in [2.75, 3.05) is 17.2 Å². The number of hydrogen-bond acceptors (Lipinski definition) is 6. The molecule has 0 bridgehead atoms. The number of aromatic nitrogens is 2. The van der Waals surface area contributed by atoms with E-state index in [9.17, 15) is 24.3 Å². The molecule has 44 heavy (non-hydrogen) atoms. The minimum absolute atomic E-state index is 0.0185. The van der Waals surface area contributed by atoms with Crippen LogP contribution in [0.15, 0.2) is 89.9 Å². The summed E-state index contributed by atoms with van der Waals surface area (Å²) in [4.78, 5) is 54.9. The van der Waals surface area contributed by atoms with Crippen molar-refractivity contribution < 1.29 is 24.3 Å². The molecule has 1 heterocycles. The predicted molar refractivity (Wildman–Crippen MR) is 166 cm³/mol. The molecule has 0 aliphatic heterocycles. The SMILES string of the molecule is CC(=O)NC(CCCN=C(N)N)C(=O)Nc1c(C(=O)Nc2cccc(C(=O)O)c2)nn(-c2ccccc2)c1-c1ccccc1. The number of aromatic carboxylic acids is 1. The molecule has 1 aromatic heterocycles. The fourth-order valence-electron chi connectivity index (χ4n) is 4.46. The normalized spacial score (nSPS) is 11.2. The van der Waals surface area contributed by atoms with Crippen molar-refractivity contribution in [3.8, 4) is 16.9 Å². The fraction of sp³-hybridized carbons (Fsp3) is 0.161. The first-order valence-electron chi connectivity index (χ1n) is 13.7. The Balaban J connectivity index is 1.81. The van der Waals surface area contributed by atoms with Crippen LogP contribution in [0.3, 0.4) is 0 Å². The van der Waals surface area contributed by atoms with Crippen LogP contribution < -0.4 is 27.4 Å². The van der Waals surface area contributed by atoms with Crippen molar-refractivity contribution in [1.82, 2.24) is 15.1 Å². The first-order valence-corrected chi connectivity index (χ1v) is 13.7. The van der Waals surface area contributed by atoms with Crippen LogP contribution >= 0.6 is 0 Å². The van der Waals surface area contributed by atoms with E-state index in [1.165, 1.54) is 31.2 Å². The van der Waals surface area contributed by atoms with Gasteiger partial charge in [-0.3, -0.25) is 19.4 Å². The number of nitrogens with two attached hydrogens (primary N) is 2. The van der Waals surface area contributed by atoms with Crippen LogP contribution in [0.1, 0.15) is 40.6 Å². The maximum atomic E-state index is 13.8. The van der Waals surface area contributed by atoms with Crippen LogP contribution in [0.25, 0.3) is 16.9 Å². The minimum atomic E-state index is -1.15. The van der Waals surface area contributed by atoms with E-state index in [4.69, 9.17) is 11.5 Å². The van der Waals surface area contributed by atoms with Crippen molar-refractivity contribution in [3.63, 3.8) is 0 Å². The van der Waals surface area contributed by atoms with Crippen molar-refractivity contribution in [2.24, 2.45) is 16.5 Å². The number of aliphatic imine (C=N–C) groups is 1. The van der Waals surface area contributed by atoms with Gasteiger partial charge in [0.1, 0.15) is 11.7 Å². The zero-order valence-corrected chi connectivity index (χ0v) is 23.9. The quantitative estimate of drug-likeness (QED) is 0.0812. The maximum absolute atomic E-state index is 13.8. The van der Waals surface area contributed by atoms with Gasteiger partial charge in [-0.1, -0.05) is 54.6 Å². The third-order valence-electron chi connectivity index (χ3n) is 6.40. The highest BCUT2D eigenvalue weighted by molar-refractivity contribution is 6.12. The Kier molecular flexibility index (Phi) is 10.0.